The molecule has 0 atom stereocenters. The fraction of sp³-hybridized carbons (Fsp3) is 0.182. The maximum Gasteiger partial charge on any atom is 0.243 e. The zero-order valence-corrected chi connectivity index (χ0v) is 9.54. The molecule has 0 radical (unpaired) electrons. The summed E-state index contributed by atoms with van der Waals surface area (Å²) in [5, 5.41) is 2.69. The number of halogens is 1. The summed E-state index contributed by atoms with van der Waals surface area (Å²) in [4.78, 5) is 11.1. The molecule has 0 fully saturated rings. The van der Waals surface area contributed by atoms with Crippen molar-refractivity contribution >= 4 is 27.9 Å². The second-order valence-corrected chi connectivity index (χ2v) is 3.60. The van der Waals surface area contributed by atoms with Gasteiger partial charge < -0.3 is 5.32 Å². The SMILES string of the molecule is CCNC(=O)/C=C/c1ccccc1Br. The van der Waals surface area contributed by atoms with Crippen molar-refractivity contribution in [3.05, 3.63) is 40.4 Å². The summed E-state index contributed by atoms with van der Waals surface area (Å²) >= 11 is 3.40. The van der Waals surface area contributed by atoms with Gasteiger partial charge in [0.05, 0.1) is 0 Å². The average Bonchev–Trinajstić information content (AvgIpc) is 2.17. The van der Waals surface area contributed by atoms with E-state index in [9.17, 15) is 4.79 Å². The van der Waals surface area contributed by atoms with Gasteiger partial charge in [0.15, 0.2) is 0 Å². The zero-order chi connectivity index (χ0) is 10.4. The van der Waals surface area contributed by atoms with E-state index in [1.165, 1.54) is 6.08 Å². The summed E-state index contributed by atoms with van der Waals surface area (Å²) in [5.41, 5.74) is 0.999. The van der Waals surface area contributed by atoms with Crippen molar-refractivity contribution in [1.82, 2.24) is 5.32 Å². The minimum absolute atomic E-state index is 0.0664. The summed E-state index contributed by atoms with van der Waals surface area (Å²) in [6, 6.07) is 7.76. The highest BCUT2D eigenvalue weighted by molar-refractivity contribution is 9.10. The van der Waals surface area contributed by atoms with Gasteiger partial charge in [-0.25, -0.2) is 0 Å². The van der Waals surface area contributed by atoms with Crippen LogP contribution in [0.1, 0.15) is 12.5 Å². The molecule has 74 valence electrons. The second-order valence-electron chi connectivity index (χ2n) is 2.75. The minimum Gasteiger partial charge on any atom is -0.353 e. The van der Waals surface area contributed by atoms with Crippen LogP contribution in [-0.4, -0.2) is 12.5 Å². The van der Waals surface area contributed by atoms with Crippen molar-refractivity contribution < 1.29 is 4.79 Å². The number of nitrogens with one attached hydrogen (secondary N) is 1. The van der Waals surface area contributed by atoms with Crippen LogP contribution in [0.25, 0.3) is 6.08 Å². The summed E-state index contributed by atoms with van der Waals surface area (Å²) in [6.45, 7) is 2.54. The molecule has 0 bridgehead atoms. The number of carbonyl (C=O) groups excluding carboxylic acids is 1. The van der Waals surface area contributed by atoms with Crippen LogP contribution in [0.15, 0.2) is 34.8 Å². The predicted octanol–water partition coefficient (Wildman–Crippen LogP) is 2.60. The average molecular weight is 254 g/mol. The minimum atomic E-state index is -0.0664. The van der Waals surface area contributed by atoms with E-state index in [0.717, 1.165) is 10.0 Å². The highest BCUT2D eigenvalue weighted by Crippen LogP contribution is 2.16. The first-order valence-corrected chi connectivity index (χ1v) is 5.23. The quantitative estimate of drug-likeness (QED) is 0.825. The zero-order valence-electron chi connectivity index (χ0n) is 7.96. The van der Waals surface area contributed by atoms with Gasteiger partial charge in [0.2, 0.25) is 5.91 Å². The maximum absolute atomic E-state index is 11.1. The van der Waals surface area contributed by atoms with Gasteiger partial charge in [-0.3, -0.25) is 4.79 Å². The van der Waals surface area contributed by atoms with E-state index in [-0.39, 0.29) is 5.91 Å². The Morgan fingerprint density at radius 3 is 2.86 bits per heavy atom. The van der Waals surface area contributed by atoms with Crippen LogP contribution < -0.4 is 5.32 Å². The van der Waals surface area contributed by atoms with Gasteiger partial charge in [-0.2, -0.15) is 0 Å². The molecular weight excluding hydrogens is 242 g/mol. The lowest BCUT2D eigenvalue weighted by Crippen LogP contribution is -2.19. The number of likely N-dealkylation sites (N-methyl/N-ethyl adjacent to an activating group) is 1. The molecule has 1 aromatic carbocycles. The Hall–Kier alpha value is -1.09. The van der Waals surface area contributed by atoms with Gasteiger partial charge >= 0.3 is 0 Å². The van der Waals surface area contributed by atoms with Crippen LogP contribution in [0.5, 0.6) is 0 Å². The predicted molar refractivity (Wildman–Crippen MR) is 61.9 cm³/mol. The van der Waals surface area contributed by atoms with Crippen LogP contribution in [0.3, 0.4) is 0 Å². The molecule has 1 rings (SSSR count). The van der Waals surface area contributed by atoms with Crippen molar-refractivity contribution in [3.63, 3.8) is 0 Å². The third-order valence-electron chi connectivity index (χ3n) is 1.67. The molecule has 0 unspecified atom stereocenters. The topological polar surface area (TPSA) is 29.1 Å². The molecule has 14 heavy (non-hydrogen) atoms. The largest absolute Gasteiger partial charge is 0.353 e. The van der Waals surface area contributed by atoms with Crippen LogP contribution in [0, 0.1) is 0 Å². The van der Waals surface area contributed by atoms with E-state index >= 15 is 0 Å². The third-order valence-corrected chi connectivity index (χ3v) is 2.39. The number of rotatable bonds is 3. The highest BCUT2D eigenvalue weighted by atomic mass is 79.9. The summed E-state index contributed by atoms with van der Waals surface area (Å²) in [7, 11) is 0. The van der Waals surface area contributed by atoms with Crippen LogP contribution >= 0.6 is 15.9 Å². The molecule has 1 aromatic rings. The van der Waals surface area contributed by atoms with E-state index in [0.29, 0.717) is 6.54 Å². The molecule has 0 heterocycles. The highest BCUT2D eigenvalue weighted by Gasteiger charge is 1.94. The standard InChI is InChI=1S/C11H12BrNO/c1-2-13-11(14)8-7-9-5-3-4-6-10(9)12/h3-8H,2H2,1H3,(H,13,14)/b8-7+. The van der Waals surface area contributed by atoms with Crippen LogP contribution in [0.2, 0.25) is 0 Å². The van der Waals surface area contributed by atoms with Crippen LogP contribution in [-0.2, 0) is 4.79 Å². The lowest BCUT2D eigenvalue weighted by atomic mass is 10.2. The number of carbonyl (C=O) groups is 1. The summed E-state index contributed by atoms with van der Waals surface area (Å²) in [5.74, 6) is -0.0664. The summed E-state index contributed by atoms with van der Waals surface area (Å²) < 4.78 is 0.987. The Morgan fingerprint density at radius 2 is 2.21 bits per heavy atom. The van der Waals surface area contributed by atoms with E-state index in [2.05, 4.69) is 21.2 Å². The number of benzene rings is 1. The Bertz CT molecular complexity index is 347. The molecule has 1 amide bonds. The lowest BCUT2D eigenvalue weighted by molar-refractivity contribution is -0.116. The van der Waals surface area contributed by atoms with Crippen molar-refractivity contribution in [2.75, 3.05) is 6.54 Å². The normalized spacial score (nSPS) is 10.4. The van der Waals surface area contributed by atoms with Gasteiger partial charge in [-0.1, -0.05) is 34.1 Å². The molecular formula is C11H12BrNO. The lowest BCUT2D eigenvalue weighted by Gasteiger charge is -1.97. The molecule has 0 saturated heterocycles. The number of amides is 1. The third kappa shape index (κ3) is 3.34. The van der Waals surface area contributed by atoms with Gasteiger partial charge in [0, 0.05) is 17.1 Å². The van der Waals surface area contributed by atoms with Gasteiger partial charge in [0.1, 0.15) is 0 Å². The Kier molecular flexibility index (Phi) is 4.40. The monoisotopic (exact) mass is 253 g/mol. The smallest absolute Gasteiger partial charge is 0.243 e. The molecule has 1 N–H and O–H groups in total. The first-order valence-electron chi connectivity index (χ1n) is 4.44. The molecule has 2 nitrogen and oxygen atoms in total. The fourth-order valence-electron chi connectivity index (χ4n) is 1.01. The Morgan fingerprint density at radius 1 is 1.50 bits per heavy atom. The first-order chi connectivity index (χ1) is 6.74. The van der Waals surface area contributed by atoms with Crippen molar-refractivity contribution in [3.8, 4) is 0 Å². The van der Waals surface area contributed by atoms with E-state index < -0.39 is 0 Å². The van der Waals surface area contributed by atoms with E-state index in [1.54, 1.807) is 6.08 Å². The Balaban J connectivity index is 2.69. The van der Waals surface area contributed by atoms with Crippen molar-refractivity contribution in [2.24, 2.45) is 0 Å². The fourth-order valence-corrected chi connectivity index (χ4v) is 1.43. The van der Waals surface area contributed by atoms with E-state index in [1.807, 2.05) is 31.2 Å². The molecule has 0 spiro atoms. The van der Waals surface area contributed by atoms with Crippen molar-refractivity contribution in [2.45, 2.75) is 6.92 Å². The molecule has 0 aliphatic rings. The van der Waals surface area contributed by atoms with E-state index in [4.69, 9.17) is 0 Å². The molecule has 3 heteroatoms. The maximum atomic E-state index is 11.1. The number of hydrogen-bond acceptors (Lipinski definition) is 1. The van der Waals surface area contributed by atoms with Gasteiger partial charge in [0.25, 0.3) is 0 Å². The van der Waals surface area contributed by atoms with Crippen LogP contribution in [0.4, 0.5) is 0 Å². The first kappa shape index (κ1) is 11.0. The van der Waals surface area contributed by atoms with Gasteiger partial charge in [-0.15, -0.1) is 0 Å². The van der Waals surface area contributed by atoms with Gasteiger partial charge in [-0.05, 0) is 24.6 Å². The molecule has 0 saturated carbocycles. The molecule has 0 aromatic heterocycles. The second kappa shape index (κ2) is 5.60. The molecule has 0 aliphatic carbocycles. The number of hydrogen-bond donors (Lipinski definition) is 1. The summed E-state index contributed by atoms with van der Waals surface area (Å²) in [6.07, 6.45) is 3.32. The molecule has 0 aliphatic heterocycles. The van der Waals surface area contributed by atoms with Crippen molar-refractivity contribution in [1.29, 1.82) is 0 Å². The Labute approximate surface area is 92.1 Å².